The normalized spacial score (nSPS) is 12.1. The van der Waals surface area contributed by atoms with Crippen LogP contribution in [-0.4, -0.2) is 39.1 Å². The molecule has 1 amide bonds. The number of hydrogen-bond donors (Lipinski definition) is 3. The highest BCUT2D eigenvalue weighted by Crippen LogP contribution is 2.28. The van der Waals surface area contributed by atoms with Crippen molar-refractivity contribution in [1.82, 2.24) is 20.3 Å². The van der Waals surface area contributed by atoms with E-state index in [-0.39, 0.29) is 25.1 Å². The van der Waals surface area contributed by atoms with Gasteiger partial charge in [0.25, 0.3) is 5.91 Å². The second-order valence-corrected chi connectivity index (χ2v) is 6.86. The molecule has 3 aromatic rings. The summed E-state index contributed by atoms with van der Waals surface area (Å²) in [5, 5.41) is 14.8. The number of nitrogens with one attached hydrogen (secondary N) is 2. The Morgan fingerprint density at radius 1 is 1.40 bits per heavy atom. The van der Waals surface area contributed by atoms with Crippen molar-refractivity contribution in [2.45, 2.75) is 19.9 Å². The van der Waals surface area contributed by atoms with Crippen molar-refractivity contribution < 1.29 is 9.90 Å². The van der Waals surface area contributed by atoms with Gasteiger partial charge in [0.2, 0.25) is 5.95 Å². The molecule has 3 heterocycles. The van der Waals surface area contributed by atoms with E-state index in [9.17, 15) is 4.79 Å². The summed E-state index contributed by atoms with van der Waals surface area (Å²) in [5.74, 6) is 0.0659. The number of carbonyl (C=O) groups is 1. The molecule has 0 aromatic carbocycles. The highest BCUT2D eigenvalue weighted by molar-refractivity contribution is 7.19. The minimum absolute atomic E-state index is 0.0563. The van der Waals surface area contributed by atoms with E-state index in [1.54, 1.807) is 12.4 Å². The lowest BCUT2D eigenvalue weighted by molar-refractivity contribution is 0.0942. The molecule has 3 aromatic heterocycles. The van der Waals surface area contributed by atoms with Crippen LogP contribution in [0.1, 0.15) is 33.9 Å². The first kappa shape index (κ1) is 17.2. The van der Waals surface area contributed by atoms with Gasteiger partial charge in [-0.25, -0.2) is 9.97 Å². The number of aliphatic hydroxyl groups is 1. The minimum atomic E-state index is -0.319. The van der Waals surface area contributed by atoms with Crippen LogP contribution in [0.25, 0.3) is 10.2 Å². The highest BCUT2D eigenvalue weighted by Gasteiger charge is 2.18. The number of fused-ring (bicyclic) bond motifs is 1. The lowest BCUT2D eigenvalue weighted by Crippen LogP contribution is -2.27. The summed E-state index contributed by atoms with van der Waals surface area (Å²) in [6, 6.07) is 5.71. The molecule has 25 heavy (non-hydrogen) atoms. The van der Waals surface area contributed by atoms with E-state index < -0.39 is 0 Å². The largest absolute Gasteiger partial charge is 0.395 e. The zero-order chi connectivity index (χ0) is 17.8. The molecule has 0 bridgehead atoms. The average Bonchev–Trinajstić information content (AvgIpc) is 2.99. The summed E-state index contributed by atoms with van der Waals surface area (Å²) < 4.78 is 0.743. The minimum Gasteiger partial charge on any atom is -0.395 e. The summed E-state index contributed by atoms with van der Waals surface area (Å²) in [6.45, 7) is 4.01. The number of amides is 1. The lowest BCUT2D eigenvalue weighted by atomic mass is 10.1. The Hall–Kier alpha value is -2.58. The molecule has 1 atom stereocenters. The summed E-state index contributed by atoms with van der Waals surface area (Å²) in [6.07, 6.45) is 3.50. The van der Waals surface area contributed by atoms with Crippen molar-refractivity contribution in [3.05, 3.63) is 46.7 Å². The molecule has 0 fully saturated rings. The second-order valence-electron chi connectivity index (χ2n) is 5.60. The van der Waals surface area contributed by atoms with Gasteiger partial charge in [0.1, 0.15) is 0 Å². The van der Waals surface area contributed by atoms with Gasteiger partial charge < -0.3 is 15.7 Å². The zero-order valence-electron chi connectivity index (χ0n) is 14.0. The number of carbonyl (C=O) groups excluding carboxylic acids is 1. The van der Waals surface area contributed by atoms with Gasteiger partial charge in [-0.15, -0.1) is 11.3 Å². The van der Waals surface area contributed by atoms with Gasteiger partial charge >= 0.3 is 0 Å². The number of anilines is 1. The molecular weight excluding hydrogens is 338 g/mol. The molecule has 130 valence electrons. The van der Waals surface area contributed by atoms with E-state index in [1.807, 2.05) is 32.0 Å². The van der Waals surface area contributed by atoms with E-state index in [1.165, 1.54) is 11.3 Å². The van der Waals surface area contributed by atoms with Crippen molar-refractivity contribution in [2.24, 2.45) is 0 Å². The lowest BCUT2D eigenvalue weighted by Gasteiger charge is -2.14. The SMILES string of the molecule is Cc1cc2nc(NC(C)c3cccnc3)nc(C(=O)NCCO)c2s1. The van der Waals surface area contributed by atoms with E-state index in [4.69, 9.17) is 5.11 Å². The molecule has 0 aliphatic heterocycles. The Balaban J connectivity index is 1.94. The first-order chi connectivity index (χ1) is 12.1. The number of nitrogens with zero attached hydrogens (tertiary/aromatic N) is 3. The van der Waals surface area contributed by atoms with Crippen molar-refractivity contribution in [3.63, 3.8) is 0 Å². The molecule has 0 saturated carbocycles. The van der Waals surface area contributed by atoms with Crippen molar-refractivity contribution >= 4 is 33.4 Å². The number of hydrogen-bond acceptors (Lipinski definition) is 7. The number of aryl methyl sites for hydroxylation is 1. The molecule has 0 saturated heterocycles. The maximum absolute atomic E-state index is 12.4. The van der Waals surface area contributed by atoms with E-state index in [0.29, 0.717) is 11.6 Å². The highest BCUT2D eigenvalue weighted by atomic mass is 32.1. The molecule has 0 radical (unpaired) electrons. The number of aliphatic hydroxyl groups excluding tert-OH is 1. The van der Waals surface area contributed by atoms with Gasteiger partial charge in [0.15, 0.2) is 5.69 Å². The van der Waals surface area contributed by atoms with Crippen LogP contribution in [0, 0.1) is 6.92 Å². The van der Waals surface area contributed by atoms with Crippen molar-refractivity contribution in [3.8, 4) is 0 Å². The average molecular weight is 357 g/mol. The van der Waals surface area contributed by atoms with Crippen LogP contribution in [0.15, 0.2) is 30.6 Å². The third kappa shape index (κ3) is 3.92. The molecule has 3 rings (SSSR count). The quantitative estimate of drug-likeness (QED) is 0.626. The molecule has 0 aliphatic rings. The first-order valence-corrected chi connectivity index (χ1v) is 8.74. The molecule has 0 aliphatic carbocycles. The predicted octanol–water partition coefficient (Wildman–Crippen LogP) is 2.29. The Morgan fingerprint density at radius 2 is 2.24 bits per heavy atom. The van der Waals surface area contributed by atoms with Gasteiger partial charge in [-0.2, -0.15) is 0 Å². The van der Waals surface area contributed by atoms with Gasteiger partial charge in [0, 0.05) is 23.8 Å². The first-order valence-electron chi connectivity index (χ1n) is 7.92. The molecule has 7 nitrogen and oxygen atoms in total. The number of thiophene rings is 1. The van der Waals surface area contributed by atoms with Crippen LogP contribution >= 0.6 is 11.3 Å². The van der Waals surface area contributed by atoms with Gasteiger partial charge in [-0.3, -0.25) is 9.78 Å². The topological polar surface area (TPSA) is 100 Å². The summed E-state index contributed by atoms with van der Waals surface area (Å²) in [4.78, 5) is 26.5. The second kappa shape index (κ2) is 7.54. The number of aromatic nitrogens is 3. The third-order valence-electron chi connectivity index (χ3n) is 3.64. The molecule has 0 spiro atoms. The van der Waals surface area contributed by atoms with Crippen LogP contribution in [0.4, 0.5) is 5.95 Å². The van der Waals surface area contributed by atoms with E-state index >= 15 is 0 Å². The van der Waals surface area contributed by atoms with Crippen LogP contribution in [0.2, 0.25) is 0 Å². The van der Waals surface area contributed by atoms with Gasteiger partial charge in [-0.05, 0) is 31.5 Å². The van der Waals surface area contributed by atoms with E-state index in [0.717, 1.165) is 20.7 Å². The van der Waals surface area contributed by atoms with Crippen molar-refractivity contribution in [2.75, 3.05) is 18.5 Å². The van der Waals surface area contributed by atoms with Gasteiger partial charge in [-0.1, -0.05) is 6.07 Å². The Kier molecular flexibility index (Phi) is 5.20. The van der Waals surface area contributed by atoms with Crippen LogP contribution in [-0.2, 0) is 0 Å². The smallest absolute Gasteiger partial charge is 0.271 e. The molecule has 1 unspecified atom stereocenters. The Labute approximate surface area is 149 Å². The Bertz CT molecular complexity index is 881. The van der Waals surface area contributed by atoms with Crippen molar-refractivity contribution in [1.29, 1.82) is 0 Å². The number of pyridine rings is 1. The van der Waals surface area contributed by atoms with E-state index in [2.05, 4.69) is 25.6 Å². The molecular formula is C17H19N5O2S. The fraction of sp³-hybridized carbons (Fsp3) is 0.294. The molecule has 8 heteroatoms. The fourth-order valence-corrected chi connectivity index (χ4v) is 3.37. The fourth-order valence-electron chi connectivity index (χ4n) is 2.43. The summed E-state index contributed by atoms with van der Waals surface area (Å²) in [5.41, 5.74) is 2.05. The van der Waals surface area contributed by atoms with Crippen LogP contribution < -0.4 is 10.6 Å². The third-order valence-corrected chi connectivity index (χ3v) is 4.68. The van der Waals surface area contributed by atoms with Crippen LogP contribution in [0.3, 0.4) is 0 Å². The summed E-state index contributed by atoms with van der Waals surface area (Å²) >= 11 is 1.48. The predicted molar refractivity (Wildman–Crippen MR) is 97.8 cm³/mol. The maximum atomic E-state index is 12.4. The monoisotopic (exact) mass is 357 g/mol. The zero-order valence-corrected chi connectivity index (χ0v) is 14.8. The summed E-state index contributed by atoms with van der Waals surface area (Å²) in [7, 11) is 0. The Morgan fingerprint density at radius 3 is 2.96 bits per heavy atom. The number of rotatable bonds is 6. The standard InChI is InChI=1S/C17H19N5O2S/c1-10-8-13-15(25-10)14(16(24)19-6-7-23)22-17(21-13)20-11(2)12-4-3-5-18-9-12/h3-5,8-9,11,23H,6-7H2,1-2H3,(H,19,24)(H,20,21,22). The molecule has 3 N–H and O–H groups in total. The van der Waals surface area contributed by atoms with Gasteiger partial charge in [0.05, 0.1) is 22.9 Å². The van der Waals surface area contributed by atoms with Crippen LogP contribution in [0.5, 0.6) is 0 Å². The maximum Gasteiger partial charge on any atom is 0.271 e.